The highest BCUT2D eigenvalue weighted by Gasteiger charge is 2.17. The van der Waals surface area contributed by atoms with Crippen molar-refractivity contribution in [3.63, 3.8) is 0 Å². The Labute approximate surface area is 69.6 Å². The molecule has 12 heavy (non-hydrogen) atoms. The summed E-state index contributed by atoms with van der Waals surface area (Å²) in [5, 5.41) is 0. The average Bonchev–Trinajstić information content (AvgIpc) is 1.84. The van der Waals surface area contributed by atoms with E-state index in [1.807, 2.05) is 0 Å². The third kappa shape index (κ3) is 7.21. The maximum atomic E-state index is 10.5. The third-order valence-electron chi connectivity index (χ3n) is 0.745. The van der Waals surface area contributed by atoms with Gasteiger partial charge in [-0.2, -0.15) is 0 Å². The zero-order valence-electron chi connectivity index (χ0n) is 6.38. The molecule has 2 N–H and O–H groups in total. The smallest absolute Gasteiger partial charge is 0.367 e. The van der Waals surface area contributed by atoms with E-state index in [2.05, 4.69) is 4.52 Å². The monoisotopic (exact) mass is 192 g/mol. The van der Waals surface area contributed by atoms with E-state index in [4.69, 9.17) is 9.79 Å². The first-order valence-corrected chi connectivity index (χ1v) is 4.57. The van der Waals surface area contributed by atoms with Crippen molar-refractivity contribution in [1.29, 1.82) is 0 Å². The topological polar surface area (TPSA) is 83.8 Å². The zero-order chi connectivity index (χ0) is 9.61. The first kappa shape index (κ1) is 11.1. The van der Waals surface area contributed by atoms with Crippen LogP contribution in [0.15, 0.2) is 24.3 Å². The highest BCUT2D eigenvalue weighted by atomic mass is 31.2. The van der Waals surface area contributed by atoms with E-state index >= 15 is 0 Å². The second kappa shape index (κ2) is 4.87. The number of phosphoric acid groups is 1. The minimum absolute atomic E-state index is 0.916. The molecule has 0 atom stereocenters. The maximum Gasteiger partial charge on any atom is 0.527 e. The molecule has 68 valence electrons. The van der Waals surface area contributed by atoms with Crippen molar-refractivity contribution in [2.45, 2.75) is 6.92 Å². The molecule has 0 rings (SSSR count). The second-order valence-electron chi connectivity index (χ2n) is 1.79. The van der Waals surface area contributed by atoms with Crippen molar-refractivity contribution in [3.05, 3.63) is 24.3 Å². The van der Waals surface area contributed by atoms with E-state index in [9.17, 15) is 9.36 Å². The Morgan fingerprint density at radius 1 is 1.42 bits per heavy atom. The lowest BCUT2D eigenvalue weighted by Gasteiger charge is -2.00. The van der Waals surface area contributed by atoms with Gasteiger partial charge in [0.05, 0.1) is 0 Å². The van der Waals surface area contributed by atoms with Gasteiger partial charge in [0.15, 0.2) is 0 Å². The molecule has 5 nitrogen and oxygen atoms in total. The molecule has 0 heterocycles. The molecule has 0 aromatic rings. The molecule has 0 aromatic carbocycles. The lowest BCUT2D eigenvalue weighted by molar-refractivity contribution is -0.130. The quantitative estimate of drug-likeness (QED) is 0.391. The van der Waals surface area contributed by atoms with Gasteiger partial charge in [-0.3, -0.25) is 9.79 Å². The number of hydrogen-bond acceptors (Lipinski definition) is 3. The van der Waals surface area contributed by atoms with Crippen molar-refractivity contribution >= 4 is 13.8 Å². The van der Waals surface area contributed by atoms with Crippen LogP contribution in [0.1, 0.15) is 6.92 Å². The largest absolute Gasteiger partial charge is 0.527 e. The Kier molecular flexibility index (Phi) is 4.51. The number of hydrogen-bond donors (Lipinski definition) is 2. The van der Waals surface area contributed by atoms with Crippen molar-refractivity contribution in [2.24, 2.45) is 0 Å². The Hall–Kier alpha value is -0.900. The highest BCUT2D eigenvalue weighted by Crippen LogP contribution is 2.35. The van der Waals surface area contributed by atoms with Gasteiger partial charge >= 0.3 is 13.8 Å². The molecule has 0 amide bonds. The zero-order valence-corrected chi connectivity index (χ0v) is 7.27. The van der Waals surface area contributed by atoms with Gasteiger partial charge < -0.3 is 4.52 Å². The normalized spacial score (nSPS) is 12.6. The molecule has 0 saturated carbocycles. The van der Waals surface area contributed by atoms with Gasteiger partial charge in [-0.05, 0) is 6.92 Å². The molecule has 0 bridgehead atoms. The molecule has 0 saturated heterocycles. The number of carbonyl (C=O) groups excluding carboxylic acids is 1. The first-order valence-electron chi connectivity index (χ1n) is 3.04. The summed E-state index contributed by atoms with van der Waals surface area (Å²) in [4.78, 5) is 26.8. The van der Waals surface area contributed by atoms with Crippen LogP contribution in [0.2, 0.25) is 0 Å². The van der Waals surface area contributed by atoms with Crippen LogP contribution in [-0.4, -0.2) is 15.8 Å². The van der Waals surface area contributed by atoms with E-state index in [-0.39, 0.29) is 0 Å². The average molecular weight is 192 g/mol. The van der Waals surface area contributed by atoms with Crippen molar-refractivity contribution in [3.8, 4) is 0 Å². The molecule has 0 fully saturated rings. The summed E-state index contributed by atoms with van der Waals surface area (Å²) in [6, 6.07) is 0. The SMILES string of the molecule is C/C=C/C=C/C(=O)OP(=O)(O)O. The number of allylic oxidation sites excluding steroid dienone is 3. The fourth-order valence-corrected chi connectivity index (χ4v) is 0.688. The van der Waals surface area contributed by atoms with Crippen molar-refractivity contribution in [2.75, 3.05) is 0 Å². The second-order valence-corrected chi connectivity index (χ2v) is 2.95. The standard InChI is InChI=1S/C6H9O5P/c1-2-3-4-5-6(7)11-12(8,9)10/h2-5H,1H3,(H2,8,9,10)/b3-2+,5-4+. The molecule has 0 radical (unpaired) electrons. The summed E-state index contributed by atoms with van der Waals surface area (Å²) in [5.74, 6) is -1.07. The fourth-order valence-electron chi connectivity index (χ4n) is 0.393. The molecule has 0 aliphatic heterocycles. The summed E-state index contributed by atoms with van der Waals surface area (Å²) >= 11 is 0. The van der Waals surface area contributed by atoms with E-state index < -0.39 is 13.8 Å². The van der Waals surface area contributed by atoms with E-state index in [1.54, 1.807) is 13.0 Å². The van der Waals surface area contributed by atoms with E-state index in [1.165, 1.54) is 12.2 Å². The summed E-state index contributed by atoms with van der Waals surface area (Å²) in [7, 11) is -4.70. The predicted molar refractivity (Wildman–Crippen MR) is 42.1 cm³/mol. The highest BCUT2D eigenvalue weighted by molar-refractivity contribution is 7.46. The minimum atomic E-state index is -4.70. The molecule has 0 aliphatic carbocycles. The van der Waals surface area contributed by atoms with Gasteiger partial charge in [-0.25, -0.2) is 9.36 Å². The molecule has 0 aromatic heterocycles. The molecular weight excluding hydrogens is 183 g/mol. The molecule has 0 aliphatic rings. The van der Waals surface area contributed by atoms with Gasteiger partial charge in [-0.1, -0.05) is 18.2 Å². The minimum Gasteiger partial charge on any atom is -0.367 e. The summed E-state index contributed by atoms with van der Waals surface area (Å²) in [6.07, 6.45) is 5.42. The van der Waals surface area contributed by atoms with Crippen LogP contribution in [0, 0.1) is 0 Å². The Bertz CT molecular complexity index is 249. The van der Waals surface area contributed by atoms with Gasteiger partial charge in [0.2, 0.25) is 0 Å². The van der Waals surface area contributed by atoms with Crippen LogP contribution in [0.4, 0.5) is 0 Å². The lowest BCUT2D eigenvalue weighted by Crippen LogP contribution is -1.97. The first-order chi connectivity index (χ1) is 5.45. The van der Waals surface area contributed by atoms with Crippen LogP contribution >= 0.6 is 7.82 Å². The molecular formula is C6H9O5P. The lowest BCUT2D eigenvalue weighted by atomic mass is 10.4. The third-order valence-corrected chi connectivity index (χ3v) is 1.16. The van der Waals surface area contributed by atoms with Crippen LogP contribution in [0.25, 0.3) is 0 Å². The molecule has 0 spiro atoms. The summed E-state index contributed by atoms with van der Waals surface area (Å²) in [6.45, 7) is 1.73. The Balaban J connectivity index is 3.99. The van der Waals surface area contributed by atoms with Crippen molar-refractivity contribution < 1.29 is 23.7 Å². The van der Waals surface area contributed by atoms with Crippen molar-refractivity contribution in [1.82, 2.24) is 0 Å². The van der Waals surface area contributed by atoms with Crippen LogP contribution in [-0.2, 0) is 13.9 Å². The van der Waals surface area contributed by atoms with Gasteiger partial charge in [0.1, 0.15) is 0 Å². The predicted octanol–water partition coefficient (Wildman–Crippen LogP) is 0.755. The maximum absolute atomic E-state index is 10.5. The summed E-state index contributed by atoms with van der Waals surface area (Å²) < 4.78 is 13.8. The fraction of sp³-hybridized carbons (Fsp3) is 0.167. The van der Waals surface area contributed by atoms with Crippen LogP contribution in [0.5, 0.6) is 0 Å². The Morgan fingerprint density at radius 3 is 2.42 bits per heavy atom. The van der Waals surface area contributed by atoms with Crippen LogP contribution in [0.3, 0.4) is 0 Å². The number of phosphoric ester groups is 1. The van der Waals surface area contributed by atoms with Gasteiger partial charge in [0, 0.05) is 6.08 Å². The Morgan fingerprint density at radius 2 is 2.00 bits per heavy atom. The molecule has 6 heteroatoms. The van der Waals surface area contributed by atoms with E-state index in [0.717, 1.165) is 6.08 Å². The van der Waals surface area contributed by atoms with Crippen LogP contribution < -0.4 is 0 Å². The summed E-state index contributed by atoms with van der Waals surface area (Å²) in [5.41, 5.74) is 0. The molecule has 0 unspecified atom stereocenters. The number of rotatable bonds is 3. The number of carbonyl (C=O) groups is 1. The van der Waals surface area contributed by atoms with Gasteiger partial charge in [0.25, 0.3) is 0 Å². The van der Waals surface area contributed by atoms with E-state index in [0.29, 0.717) is 0 Å². The van der Waals surface area contributed by atoms with Gasteiger partial charge in [-0.15, -0.1) is 0 Å².